The summed E-state index contributed by atoms with van der Waals surface area (Å²) in [6, 6.07) is 46.2. The predicted octanol–water partition coefficient (Wildman–Crippen LogP) is 12.3. The van der Waals surface area contributed by atoms with E-state index in [1.807, 2.05) is 23.5 Å². The van der Waals surface area contributed by atoms with Crippen LogP contribution in [0.4, 0.5) is 0 Å². The van der Waals surface area contributed by atoms with Crippen molar-refractivity contribution in [1.82, 2.24) is 0 Å². The number of fused-ring (bicyclic) bond motifs is 9. The molecule has 0 bridgehead atoms. The topological polar surface area (TPSA) is 26.3 Å². The Labute approximate surface area is 250 Å². The molecule has 7 aromatic carbocycles. The molecule has 0 spiro atoms. The van der Waals surface area contributed by atoms with Crippen LogP contribution in [0.1, 0.15) is 0 Å². The summed E-state index contributed by atoms with van der Waals surface area (Å²) in [6.07, 6.45) is 1.73. The standard InChI is InChI=1S/C40H22O2S/c1-3-10-30-28(8-1)39(24-14-16-38-33(20-24)27-7-5-6-12-37(27)43-38)29-9-2-4-11-31(29)40(30)25-13-15-26-32-19-23-17-18-41-34(23)22-36(32)42-35(26)21-25/h1-22H. The Bertz CT molecular complexity index is 2680. The van der Waals surface area contributed by atoms with Crippen molar-refractivity contribution in [2.24, 2.45) is 0 Å². The molecule has 0 saturated carbocycles. The van der Waals surface area contributed by atoms with Gasteiger partial charge in [-0.1, -0.05) is 78.9 Å². The molecule has 0 unspecified atom stereocenters. The van der Waals surface area contributed by atoms with Crippen LogP contribution in [0.25, 0.3) is 96.9 Å². The Morgan fingerprint density at radius 3 is 1.74 bits per heavy atom. The molecule has 0 saturated heterocycles. The van der Waals surface area contributed by atoms with Gasteiger partial charge in [-0.25, -0.2) is 0 Å². The molecule has 0 radical (unpaired) electrons. The van der Waals surface area contributed by atoms with Crippen LogP contribution in [-0.4, -0.2) is 0 Å². The van der Waals surface area contributed by atoms with Crippen molar-refractivity contribution in [3.05, 3.63) is 134 Å². The first-order valence-corrected chi connectivity index (χ1v) is 15.3. The van der Waals surface area contributed by atoms with Crippen molar-refractivity contribution >= 4 is 86.0 Å². The van der Waals surface area contributed by atoms with Gasteiger partial charge in [-0.15, -0.1) is 11.3 Å². The molecule has 0 N–H and O–H groups in total. The van der Waals surface area contributed by atoms with E-state index in [9.17, 15) is 0 Å². The van der Waals surface area contributed by atoms with Gasteiger partial charge in [0.05, 0.1) is 6.26 Å². The van der Waals surface area contributed by atoms with E-state index in [2.05, 4.69) is 115 Å². The summed E-state index contributed by atoms with van der Waals surface area (Å²) in [4.78, 5) is 0. The molecular weight excluding hydrogens is 545 g/mol. The van der Waals surface area contributed by atoms with E-state index >= 15 is 0 Å². The minimum absolute atomic E-state index is 0.841. The molecule has 0 aliphatic rings. The average molecular weight is 567 g/mol. The van der Waals surface area contributed by atoms with Gasteiger partial charge in [0.2, 0.25) is 0 Å². The third-order valence-electron chi connectivity index (χ3n) is 8.93. The van der Waals surface area contributed by atoms with Crippen molar-refractivity contribution in [1.29, 1.82) is 0 Å². The molecular formula is C40H22O2S. The summed E-state index contributed by atoms with van der Waals surface area (Å²) in [5, 5.41) is 10.9. The molecule has 10 aromatic rings. The van der Waals surface area contributed by atoms with Gasteiger partial charge in [-0.05, 0) is 86.3 Å². The van der Waals surface area contributed by atoms with Crippen LogP contribution in [-0.2, 0) is 0 Å². The smallest absolute Gasteiger partial charge is 0.139 e. The second-order valence-corrected chi connectivity index (χ2v) is 12.4. The number of benzene rings is 7. The maximum Gasteiger partial charge on any atom is 0.139 e. The van der Waals surface area contributed by atoms with Gasteiger partial charge in [0, 0.05) is 42.4 Å². The zero-order chi connectivity index (χ0) is 28.1. The lowest BCUT2D eigenvalue weighted by atomic mass is 9.85. The molecule has 43 heavy (non-hydrogen) atoms. The van der Waals surface area contributed by atoms with Crippen LogP contribution in [0.15, 0.2) is 142 Å². The van der Waals surface area contributed by atoms with Crippen LogP contribution in [0, 0.1) is 0 Å². The van der Waals surface area contributed by atoms with Gasteiger partial charge in [-0.3, -0.25) is 0 Å². The van der Waals surface area contributed by atoms with Gasteiger partial charge in [0.1, 0.15) is 16.7 Å². The van der Waals surface area contributed by atoms with Crippen LogP contribution >= 0.6 is 11.3 Å². The second-order valence-electron chi connectivity index (χ2n) is 11.3. The first kappa shape index (κ1) is 23.2. The Morgan fingerprint density at radius 1 is 0.395 bits per heavy atom. The van der Waals surface area contributed by atoms with E-state index in [1.165, 1.54) is 58.4 Å². The first-order valence-electron chi connectivity index (χ1n) is 14.5. The van der Waals surface area contributed by atoms with Crippen LogP contribution in [0.3, 0.4) is 0 Å². The van der Waals surface area contributed by atoms with Crippen molar-refractivity contribution < 1.29 is 8.83 Å². The number of furan rings is 2. The Hall–Kier alpha value is -5.38. The Balaban J connectivity index is 1.26. The fourth-order valence-corrected chi connectivity index (χ4v) is 8.11. The zero-order valence-electron chi connectivity index (χ0n) is 22.9. The normalized spacial score (nSPS) is 12.2. The monoisotopic (exact) mass is 566 g/mol. The largest absolute Gasteiger partial charge is 0.464 e. The van der Waals surface area contributed by atoms with E-state index < -0.39 is 0 Å². The highest BCUT2D eigenvalue weighted by atomic mass is 32.1. The molecule has 0 aliphatic heterocycles. The van der Waals surface area contributed by atoms with Crippen LogP contribution in [0.5, 0.6) is 0 Å². The third kappa shape index (κ3) is 3.28. The van der Waals surface area contributed by atoms with E-state index in [0.717, 1.165) is 38.5 Å². The molecule has 0 atom stereocenters. The quantitative estimate of drug-likeness (QED) is 0.195. The molecule has 2 nitrogen and oxygen atoms in total. The number of hydrogen-bond donors (Lipinski definition) is 0. The summed E-state index contributed by atoms with van der Waals surface area (Å²) in [7, 11) is 0. The number of thiophene rings is 1. The van der Waals surface area contributed by atoms with Crippen molar-refractivity contribution in [3.8, 4) is 22.3 Å². The third-order valence-corrected chi connectivity index (χ3v) is 10.1. The molecule has 3 heterocycles. The van der Waals surface area contributed by atoms with Crippen molar-refractivity contribution in [2.45, 2.75) is 0 Å². The molecule has 200 valence electrons. The highest BCUT2D eigenvalue weighted by Gasteiger charge is 2.19. The Kier molecular flexibility index (Phi) is 4.63. The second kappa shape index (κ2) is 8.57. The van der Waals surface area contributed by atoms with E-state index in [-0.39, 0.29) is 0 Å². The number of rotatable bonds is 2. The van der Waals surface area contributed by atoms with Crippen LogP contribution < -0.4 is 0 Å². The fourth-order valence-electron chi connectivity index (χ4n) is 7.02. The molecule has 0 fully saturated rings. The zero-order valence-corrected chi connectivity index (χ0v) is 23.7. The fraction of sp³-hybridized carbons (Fsp3) is 0. The molecule has 3 aromatic heterocycles. The first-order chi connectivity index (χ1) is 21.3. The summed E-state index contributed by atoms with van der Waals surface area (Å²) in [5.74, 6) is 0. The summed E-state index contributed by atoms with van der Waals surface area (Å²) < 4.78 is 14.7. The molecule has 0 amide bonds. The van der Waals surface area contributed by atoms with Gasteiger partial charge >= 0.3 is 0 Å². The highest BCUT2D eigenvalue weighted by Crippen LogP contribution is 2.46. The summed E-state index contributed by atoms with van der Waals surface area (Å²) >= 11 is 1.86. The molecule has 10 rings (SSSR count). The van der Waals surface area contributed by atoms with E-state index in [1.54, 1.807) is 6.26 Å². The minimum atomic E-state index is 0.841. The van der Waals surface area contributed by atoms with Gasteiger partial charge in [0.25, 0.3) is 0 Å². The maximum absolute atomic E-state index is 6.42. The van der Waals surface area contributed by atoms with E-state index in [0.29, 0.717) is 0 Å². The van der Waals surface area contributed by atoms with E-state index in [4.69, 9.17) is 8.83 Å². The van der Waals surface area contributed by atoms with Crippen LogP contribution in [0.2, 0.25) is 0 Å². The Morgan fingerprint density at radius 2 is 1.00 bits per heavy atom. The lowest BCUT2D eigenvalue weighted by Crippen LogP contribution is -1.90. The van der Waals surface area contributed by atoms with Crippen molar-refractivity contribution in [3.63, 3.8) is 0 Å². The lowest BCUT2D eigenvalue weighted by Gasteiger charge is -2.18. The van der Waals surface area contributed by atoms with Gasteiger partial charge < -0.3 is 8.83 Å². The van der Waals surface area contributed by atoms with Gasteiger partial charge in [0.15, 0.2) is 0 Å². The summed E-state index contributed by atoms with van der Waals surface area (Å²) in [6.45, 7) is 0. The average Bonchev–Trinajstić information content (AvgIpc) is 3.76. The molecule has 0 aliphatic carbocycles. The minimum Gasteiger partial charge on any atom is -0.464 e. The SMILES string of the molecule is c1ccc2c(c1)sc1ccc(-c3c4ccccc4c(-c4ccc5c(c4)oc4cc6occc6cc45)c4ccccc34)cc12. The van der Waals surface area contributed by atoms with Gasteiger partial charge in [-0.2, -0.15) is 0 Å². The highest BCUT2D eigenvalue weighted by molar-refractivity contribution is 7.25. The lowest BCUT2D eigenvalue weighted by molar-refractivity contribution is 0.613. The maximum atomic E-state index is 6.42. The predicted molar refractivity (Wildman–Crippen MR) is 182 cm³/mol. The number of hydrogen-bond acceptors (Lipinski definition) is 3. The molecule has 3 heteroatoms. The summed E-state index contributed by atoms with van der Waals surface area (Å²) in [5.41, 5.74) is 7.46. The van der Waals surface area contributed by atoms with Crippen molar-refractivity contribution in [2.75, 3.05) is 0 Å².